The van der Waals surface area contributed by atoms with Crippen LogP contribution in [0.5, 0.6) is 5.75 Å². The molecule has 0 bridgehead atoms. The molecule has 0 atom stereocenters. The van der Waals surface area contributed by atoms with Gasteiger partial charge in [-0.05, 0) is 44.2 Å². The number of aromatic amines is 1. The minimum atomic E-state index is 0.702. The van der Waals surface area contributed by atoms with Crippen molar-refractivity contribution in [1.82, 2.24) is 9.88 Å². The van der Waals surface area contributed by atoms with Crippen LogP contribution < -0.4 is 4.74 Å². The van der Waals surface area contributed by atoms with Crippen LogP contribution in [0.25, 0.3) is 10.9 Å². The molecule has 19 heavy (non-hydrogen) atoms. The number of aromatic nitrogens is 1. The van der Waals surface area contributed by atoms with E-state index in [2.05, 4.69) is 41.8 Å². The second kappa shape index (κ2) is 6.43. The zero-order valence-electron chi connectivity index (χ0n) is 11.8. The van der Waals surface area contributed by atoms with Gasteiger partial charge in [-0.3, -0.25) is 0 Å². The second-order valence-corrected chi connectivity index (χ2v) is 4.76. The Hall–Kier alpha value is -1.74. The number of nitrogens with zero attached hydrogens (tertiary/aromatic N) is 1. The predicted molar refractivity (Wildman–Crippen MR) is 80.9 cm³/mol. The van der Waals surface area contributed by atoms with E-state index in [-0.39, 0.29) is 0 Å². The fraction of sp³-hybridized carbons (Fsp3) is 0.375. The van der Waals surface area contributed by atoms with E-state index in [0.717, 1.165) is 25.3 Å². The molecule has 0 spiro atoms. The number of hydrogen-bond donors (Lipinski definition) is 1. The molecule has 1 heterocycles. The molecule has 0 radical (unpaired) electrons. The fourth-order valence-electron chi connectivity index (χ4n) is 2.24. The Morgan fingerprint density at radius 1 is 1.42 bits per heavy atom. The summed E-state index contributed by atoms with van der Waals surface area (Å²) in [7, 11) is 2.11. The van der Waals surface area contributed by atoms with Gasteiger partial charge in [0.05, 0.1) is 6.61 Å². The molecule has 0 aliphatic carbocycles. The minimum absolute atomic E-state index is 0.702. The number of ether oxygens (including phenoxy) is 1. The lowest BCUT2D eigenvalue weighted by Gasteiger charge is -2.13. The molecule has 102 valence electrons. The van der Waals surface area contributed by atoms with Gasteiger partial charge in [-0.15, -0.1) is 6.58 Å². The van der Waals surface area contributed by atoms with E-state index < -0.39 is 0 Å². The molecule has 0 unspecified atom stereocenters. The topological polar surface area (TPSA) is 28.3 Å². The van der Waals surface area contributed by atoms with Crippen molar-refractivity contribution in [2.24, 2.45) is 0 Å². The Balaban J connectivity index is 2.13. The van der Waals surface area contributed by atoms with Gasteiger partial charge in [0.1, 0.15) is 5.75 Å². The molecule has 0 saturated heterocycles. The molecule has 0 aliphatic heterocycles. The predicted octanol–water partition coefficient (Wildman–Crippen LogP) is 3.23. The third kappa shape index (κ3) is 3.38. The lowest BCUT2D eigenvalue weighted by molar-refractivity contribution is 0.340. The molecular formula is C16H22N2O. The van der Waals surface area contributed by atoms with E-state index in [1.165, 1.54) is 16.5 Å². The first-order chi connectivity index (χ1) is 9.24. The van der Waals surface area contributed by atoms with Crippen molar-refractivity contribution in [1.29, 1.82) is 0 Å². The average molecular weight is 258 g/mol. The summed E-state index contributed by atoms with van der Waals surface area (Å²) < 4.78 is 5.56. The van der Waals surface area contributed by atoms with Crippen LogP contribution in [0, 0.1) is 0 Å². The monoisotopic (exact) mass is 258 g/mol. The number of H-pyrrole nitrogens is 1. The maximum absolute atomic E-state index is 5.56. The number of benzene rings is 1. The third-order valence-corrected chi connectivity index (χ3v) is 3.25. The average Bonchev–Trinajstić information content (AvgIpc) is 2.80. The van der Waals surface area contributed by atoms with Crippen molar-refractivity contribution in [3.05, 3.63) is 42.6 Å². The summed E-state index contributed by atoms with van der Waals surface area (Å²) in [5.41, 5.74) is 2.51. The maximum atomic E-state index is 5.56. The van der Waals surface area contributed by atoms with Crippen LogP contribution in [0.4, 0.5) is 0 Å². The van der Waals surface area contributed by atoms with E-state index in [1.807, 2.05) is 19.1 Å². The first-order valence-electron chi connectivity index (χ1n) is 6.77. The van der Waals surface area contributed by atoms with Gasteiger partial charge in [0.15, 0.2) is 0 Å². The van der Waals surface area contributed by atoms with E-state index in [0.29, 0.717) is 6.61 Å². The Bertz CT molecular complexity index is 545. The molecule has 0 aliphatic rings. The summed E-state index contributed by atoms with van der Waals surface area (Å²) in [6.45, 7) is 8.42. The van der Waals surface area contributed by atoms with Crippen molar-refractivity contribution >= 4 is 10.9 Å². The number of rotatable bonds is 7. The SMILES string of the molecule is C=CCN(C)CCc1c[nH]c2ccc(OCC)cc12. The van der Waals surface area contributed by atoms with Crippen molar-refractivity contribution < 1.29 is 4.74 Å². The van der Waals surface area contributed by atoms with Gasteiger partial charge in [-0.1, -0.05) is 6.08 Å². The van der Waals surface area contributed by atoms with Gasteiger partial charge < -0.3 is 14.6 Å². The van der Waals surface area contributed by atoms with Crippen LogP contribution >= 0.6 is 0 Å². The van der Waals surface area contributed by atoms with Gasteiger partial charge in [0.25, 0.3) is 0 Å². The number of likely N-dealkylation sites (N-methyl/N-ethyl adjacent to an activating group) is 1. The smallest absolute Gasteiger partial charge is 0.120 e. The van der Waals surface area contributed by atoms with Crippen LogP contribution in [-0.2, 0) is 6.42 Å². The lowest BCUT2D eigenvalue weighted by atomic mass is 10.1. The first kappa shape index (κ1) is 13.7. The lowest BCUT2D eigenvalue weighted by Crippen LogP contribution is -2.20. The number of nitrogens with one attached hydrogen (secondary N) is 1. The zero-order chi connectivity index (χ0) is 13.7. The van der Waals surface area contributed by atoms with Gasteiger partial charge in [0, 0.05) is 30.2 Å². The molecular weight excluding hydrogens is 236 g/mol. The Labute approximate surface area is 114 Å². The van der Waals surface area contributed by atoms with E-state index in [9.17, 15) is 0 Å². The molecule has 1 N–H and O–H groups in total. The maximum Gasteiger partial charge on any atom is 0.120 e. The fourth-order valence-corrected chi connectivity index (χ4v) is 2.24. The van der Waals surface area contributed by atoms with Gasteiger partial charge in [-0.2, -0.15) is 0 Å². The highest BCUT2D eigenvalue weighted by molar-refractivity contribution is 5.84. The Morgan fingerprint density at radius 3 is 3.00 bits per heavy atom. The first-order valence-corrected chi connectivity index (χ1v) is 6.77. The largest absolute Gasteiger partial charge is 0.494 e. The zero-order valence-corrected chi connectivity index (χ0v) is 11.8. The molecule has 1 aromatic carbocycles. The summed E-state index contributed by atoms with van der Waals surface area (Å²) in [4.78, 5) is 5.58. The quantitative estimate of drug-likeness (QED) is 0.772. The van der Waals surface area contributed by atoms with E-state index >= 15 is 0 Å². The standard InChI is InChI=1S/C16H22N2O/c1-4-9-18(3)10-8-13-12-17-16-7-6-14(19-5-2)11-15(13)16/h4,6-7,11-12,17H,1,5,8-10H2,2-3H3. The van der Waals surface area contributed by atoms with Crippen molar-refractivity contribution in [2.45, 2.75) is 13.3 Å². The molecule has 0 amide bonds. The van der Waals surface area contributed by atoms with Gasteiger partial charge in [-0.25, -0.2) is 0 Å². The normalized spacial score (nSPS) is 11.1. The summed E-state index contributed by atoms with van der Waals surface area (Å²) in [6.07, 6.45) is 5.06. The van der Waals surface area contributed by atoms with Crippen LogP contribution in [0.15, 0.2) is 37.1 Å². The van der Waals surface area contributed by atoms with Crippen molar-refractivity contribution in [3.8, 4) is 5.75 Å². The minimum Gasteiger partial charge on any atom is -0.494 e. The van der Waals surface area contributed by atoms with Crippen LogP contribution in [0.2, 0.25) is 0 Å². The molecule has 3 nitrogen and oxygen atoms in total. The van der Waals surface area contributed by atoms with Gasteiger partial charge >= 0.3 is 0 Å². The third-order valence-electron chi connectivity index (χ3n) is 3.25. The van der Waals surface area contributed by atoms with Gasteiger partial charge in [0.2, 0.25) is 0 Å². The molecule has 2 rings (SSSR count). The molecule has 0 fully saturated rings. The highest BCUT2D eigenvalue weighted by atomic mass is 16.5. The molecule has 0 saturated carbocycles. The highest BCUT2D eigenvalue weighted by Gasteiger charge is 2.06. The Kier molecular flexibility index (Phi) is 4.63. The molecule has 2 aromatic rings. The number of fused-ring (bicyclic) bond motifs is 1. The molecule has 3 heteroatoms. The van der Waals surface area contributed by atoms with Crippen molar-refractivity contribution in [2.75, 3.05) is 26.7 Å². The highest BCUT2D eigenvalue weighted by Crippen LogP contribution is 2.24. The number of hydrogen-bond acceptors (Lipinski definition) is 2. The van der Waals surface area contributed by atoms with Crippen LogP contribution in [-0.4, -0.2) is 36.6 Å². The van der Waals surface area contributed by atoms with Crippen LogP contribution in [0.1, 0.15) is 12.5 Å². The summed E-state index contributed by atoms with van der Waals surface area (Å²) in [6, 6.07) is 6.21. The van der Waals surface area contributed by atoms with E-state index in [4.69, 9.17) is 4.74 Å². The molecule has 1 aromatic heterocycles. The summed E-state index contributed by atoms with van der Waals surface area (Å²) in [5.74, 6) is 0.940. The summed E-state index contributed by atoms with van der Waals surface area (Å²) >= 11 is 0. The van der Waals surface area contributed by atoms with E-state index in [1.54, 1.807) is 0 Å². The Morgan fingerprint density at radius 2 is 2.26 bits per heavy atom. The second-order valence-electron chi connectivity index (χ2n) is 4.76. The van der Waals surface area contributed by atoms with Crippen LogP contribution in [0.3, 0.4) is 0 Å². The van der Waals surface area contributed by atoms with Crippen molar-refractivity contribution in [3.63, 3.8) is 0 Å². The summed E-state index contributed by atoms with van der Waals surface area (Å²) in [5, 5.41) is 1.26.